The van der Waals surface area contributed by atoms with Gasteiger partial charge in [-0.1, -0.05) is 0 Å². The fourth-order valence-corrected chi connectivity index (χ4v) is 15.7. The summed E-state index contributed by atoms with van der Waals surface area (Å²) in [7, 11) is -0.715. The molecule has 0 aliphatic rings. The summed E-state index contributed by atoms with van der Waals surface area (Å²) in [5, 5.41) is 7.07. The number of aliphatic imine (C=N–C) groups is 2. The second-order valence-electron chi connectivity index (χ2n) is 16.6. The topological polar surface area (TPSA) is 166 Å². The first kappa shape index (κ1) is 67.0. The first-order valence-electron chi connectivity index (χ1n) is 24.7. The molecule has 0 saturated heterocycles. The van der Waals surface area contributed by atoms with Crippen molar-refractivity contribution >= 4 is 47.1 Å². The molecule has 22 heteroatoms. The van der Waals surface area contributed by atoms with Gasteiger partial charge in [-0.15, -0.1) is 0 Å². The molecule has 0 aliphatic carbocycles. The number of nitrogens with one attached hydrogen (secondary N) is 2. The van der Waals surface area contributed by atoms with Gasteiger partial charge in [-0.2, -0.15) is 0 Å². The minimum Gasteiger partial charge on any atom is -0.377 e. The van der Waals surface area contributed by atoms with Gasteiger partial charge in [0.05, 0.1) is 0 Å². The van der Waals surface area contributed by atoms with Crippen LogP contribution in [0.3, 0.4) is 0 Å². The molecule has 0 aliphatic heterocycles. The maximum atomic E-state index is 6.07. The first-order chi connectivity index (χ1) is 31.3. The van der Waals surface area contributed by atoms with Crippen LogP contribution in [0.4, 0.5) is 0 Å². The van der Waals surface area contributed by atoms with Crippen molar-refractivity contribution in [3.05, 3.63) is 0 Å². The second kappa shape index (κ2) is 38.7. The van der Waals surface area contributed by atoms with Crippen LogP contribution >= 0.6 is 0 Å². The van der Waals surface area contributed by atoms with Gasteiger partial charge in [0.1, 0.15) is 0 Å². The highest BCUT2D eigenvalue weighted by molar-refractivity contribution is 6.61. The molecule has 0 aromatic heterocycles. The predicted octanol–water partition coefficient (Wildman–Crippen LogP) is 7.52. The maximum Gasteiger partial charge on any atom is 0.500 e. The molecule has 0 aromatic rings. The van der Waals surface area contributed by atoms with Crippen molar-refractivity contribution in [2.75, 3.05) is 108 Å². The van der Waals surface area contributed by atoms with Crippen LogP contribution in [0.1, 0.15) is 123 Å². The summed E-state index contributed by atoms with van der Waals surface area (Å²) in [5.74, 6) is 1.83. The van der Waals surface area contributed by atoms with Gasteiger partial charge < -0.3 is 73.5 Å². The Bertz CT molecular complexity index is 1120. The van der Waals surface area contributed by atoms with E-state index in [1.807, 2.05) is 41.5 Å². The lowest BCUT2D eigenvalue weighted by atomic mass is 10.3. The quantitative estimate of drug-likeness (QED) is 0.0354. The molecule has 0 heterocycles. The standard InChI is InChI=1S/C25H57N3O6Si2.C19H45N3O6Si2/c1-11-29-35(30-12-2,31-13-3)21-17-19-28(25(26-23(7)8)27-24(9)10)20-18-22-36(32-14-4,33-15-5)34-16-6;1-17(2)20-19(21-18(3)4)22(13-11-15-29(23-5,24-6)25-7)14-12-16-30(26-8,27-9)28-10/h23-24H,11-22H2,1-10H3,(H,26,27);17-18H,11-16H2,1-10H3,(H,20,21). The van der Waals surface area contributed by atoms with Crippen molar-refractivity contribution in [1.29, 1.82) is 0 Å². The third-order valence-electron chi connectivity index (χ3n) is 9.89. The number of rotatable bonds is 38. The van der Waals surface area contributed by atoms with Crippen LogP contribution in [0.5, 0.6) is 0 Å². The predicted molar refractivity (Wildman–Crippen MR) is 277 cm³/mol. The van der Waals surface area contributed by atoms with E-state index in [0.717, 1.165) is 88.0 Å². The van der Waals surface area contributed by atoms with E-state index in [2.05, 4.69) is 75.8 Å². The molecular weight excluding hydrogens is 917 g/mol. The molecule has 0 amide bonds. The Morgan fingerprint density at radius 3 is 0.758 bits per heavy atom. The molecule has 0 saturated carbocycles. The summed E-state index contributed by atoms with van der Waals surface area (Å²) >= 11 is 0. The molecule has 0 bridgehead atoms. The van der Waals surface area contributed by atoms with Crippen LogP contribution < -0.4 is 10.6 Å². The minimum absolute atomic E-state index is 0.182. The summed E-state index contributed by atoms with van der Waals surface area (Å²) in [6, 6.07) is 3.92. The first-order valence-corrected chi connectivity index (χ1v) is 32.4. The van der Waals surface area contributed by atoms with E-state index in [1.165, 1.54) is 0 Å². The summed E-state index contributed by atoms with van der Waals surface area (Å²) in [4.78, 5) is 14.4. The van der Waals surface area contributed by atoms with Gasteiger partial charge >= 0.3 is 35.2 Å². The Kier molecular flexibility index (Phi) is 39.2. The highest BCUT2D eigenvalue weighted by Gasteiger charge is 2.42. The lowest BCUT2D eigenvalue weighted by molar-refractivity contribution is 0.0701. The number of hydrogen-bond donors (Lipinski definition) is 2. The Morgan fingerprint density at radius 2 is 0.591 bits per heavy atom. The normalized spacial score (nSPS) is 13.3. The zero-order valence-electron chi connectivity index (χ0n) is 45.7. The lowest BCUT2D eigenvalue weighted by Crippen LogP contribution is -2.49. The van der Waals surface area contributed by atoms with Gasteiger partial charge in [0, 0.05) is 157 Å². The Hall–Kier alpha value is -1.07. The van der Waals surface area contributed by atoms with Crippen molar-refractivity contribution in [3.63, 3.8) is 0 Å². The molecule has 0 unspecified atom stereocenters. The highest BCUT2D eigenvalue weighted by atomic mass is 28.4. The van der Waals surface area contributed by atoms with Gasteiger partial charge in [-0.3, -0.25) is 9.98 Å². The monoisotopic (exact) mass is 1020 g/mol. The molecular formula is C44H102N6O12Si4. The third kappa shape index (κ3) is 27.9. The Labute approximate surface area is 408 Å². The number of nitrogens with zero attached hydrogens (tertiary/aromatic N) is 4. The summed E-state index contributed by atoms with van der Waals surface area (Å²) < 4.78 is 69.8. The van der Waals surface area contributed by atoms with Crippen molar-refractivity contribution in [3.8, 4) is 0 Å². The van der Waals surface area contributed by atoms with Crippen LogP contribution in [0.25, 0.3) is 0 Å². The smallest absolute Gasteiger partial charge is 0.377 e. The van der Waals surface area contributed by atoms with Crippen LogP contribution in [-0.2, 0) is 53.1 Å². The van der Waals surface area contributed by atoms with Crippen LogP contribution in [-0.4, -0.2) is 190 Å². The molecule has 2 N–H and O–H groups in total. The fraction of sp³-hybridized carbons (Fsp3) is 0.955. The van der Waals surface area contributed by atoms with Gasteiger partial charge in [-0.05, 0) is 123 Å². The lowest BCUT2D eigenvalue weighted by Gasteiger charge is -2.33. The van der Waals surface area contributed by atoms with Crippen LogP contribution in [0.15, 0.2) is 9.98 Å². The molecule has 0 rings (SSSR count). The largest absolute Gasteiger partial charge is 0.500 e. The third-order valence-corrected chi connectivity index (χ3v) is 21.9. The molecule has 0 atom stereocenters. The Morgan fingerprint density at radius 1 is 0.379 bits per heavy atom. The summed E-state index contributed by atoms with van der Waals surface area (Å²) in [5.41, 5.74) is 0. The van der Waals surface area contributed by atoms with E-state index in [9.17, 15) is 0 Å². The van der Waals surface area contributed by atoms with E-state index in [0.29, 0.717) is 39.6 Å². The van der Waals surface area contributed by atoms with Crippen molar-refractivity contribution in [2.45, 2.75) is 171 Å². The van der Waals surface area contributed by atoms with E-state index >= 15 is 0 Å². The Balaban J connectivity index is 0. The van der Waals surface area contributed by atoms with Crippen molar-refractivity contribution in [2.24, 2.45) is 9.98 Å². The van der Waals surface area contributed by atoms with E-state index < -0.39 is 35.2 Å². The fourth-order valence-electron chi connectivity index (χ4n) is 7.13. The molecule has 396 valence electrons. The summed E-state index contributed by atoms with van der Waals surface area (Å²) in [6.45, 7) is 35.6. The average molecular weight is 1020 g/mol. The zero-order chi connectivity index (χ0) is 50.7. The number of hydrogen-bond acceptors (Lipinski definition) is 14. The number of guanidine groups is 2. The average Bonchev–Trinajstić information content (AvgIpc) is 3.25. The van der Waals surface area contributed by atoms with Crippen LogP contribution in [0, 0.1) is 0 Å². The molecule has 18 nitrogen and oxygen atoms in total. The van der Waals surface area contributed by atoms with Gasteiger partial charge in [0.25, 0.3) is 0 Å². The maximum absolute atomic E-state index is 6.07. The molecule has 0 spiro atoms. The van der Waals surface area contributed by atoms with E-state index in [-0.39, 0.29) is 24.2 Å². The van der Waals surface area contributed by atoms with Gasteiger partial charge in [0.2, 0.25) is 0 Å². The molecule has 0 fully saturated rings. The zero-order valence-corrected chi connectivity index (χ0v) is 49.7. The van der Waals surface area contributed by atoms with Crippen LogP contribution in [0.2, 0.25) is 24.2 Å². The molecule has 0 radical (unpaired) electrons. The van der Waals surface area contributed by atoms with E-state index in [1.54, 1.807) is 42.7 Å². The summed E-state index contributed by atoms with van der Waals surface area (Å²) in [6.07, 6.45) is 3.49. The van der Waals surface area contributed by atoms with Crippen molar-refractivity contribution < 1.29 is 53.1 Å². The molecule has 0 aromatic carbocycles. The highest BCUT2D eigenvalue weighted by Crippen LogP contribution is 2.22. The van der Waals surface area contributed by atoms with E-state index in [4.69, 9.17) is 63.1 Å². The van der Waals surface area contributed by atoms with Gasteiger partial charge in [-0.25, -0.2) is 0 Å². The van der Waals surface area contributed by atoms with Gasteiger partial charge in [0.15, 0.2) is 11.9 Å². The minimum atomic E-state index is -2.69. The SMILES string of the molecule is CCO[Si](CCCN(CCC[Si](OCC)(OCC)OCC)C(=NC(C)C)NC(C)C)(OCC)OCC.CO[Si](CCCN(CCC[Si](OC)(OC)OC)C(=NC(C)C)NC(C)C)(OC)OC. The molecule has 66 heavy (non-hydrogen) atoms. The second-order valence-corrected chi connectivity index (χ2v) is 28.3. The van der Waals surface area contributed by atoms with Crippen molar-refractivity contribution in [1.82, 2.24) is 20.4 Å².